The molecule has 0 saturated heterocycles. The van der Waals surface area contributed by atoms with Gasteiger partial charge in [0.05, 0.1) is 12.2 Å². The molecule has 6 heteroatoms. The third-order valence-corrected chi connectivity index (χ3v) is 5.69. The molecule has 5 nitrogen and oxygen atoms in total. The maximum absolute atomic E-state index is 4.81. The Bertz CT molecular complexity index is 762. The second-order valence-electron chi connectivity index (χ2n) is 7.32. The van der Waals surface area contributed by atoms with E-state index in [-0.39, 0.29) is 29.4 Å². The zero-order valence-corrected chi connectivity index (χ0v) is 19.2. The Kier molecular flexibility index (Phi) is 7.70. The number of aryl methyl sites for hydroxylation is 2. The summed E-state index contributed by atoms with van der Waals surface area (Å²) in [6.07, 6.45) is 3.78. The Morgan fingerprint density at radius 3 is 2.41 bits per heavy atom. The van der Waals surface area contributed by atoms with Gasteiger partial charge in [-0.25, -0.2) is 4.99 Å². The van der Waals surface area contributed by atoms with Crippen LogP contribution in [0.25, 0.3) is 0 Å². The molecule has 1 heterocycles. The topological polar surface area (TPSA) is 54.2 Å². The lowest BCUT2D eigenvalue weighted by Gasteiger charge is -2.43. The van der Waals surface area contributed by atoms with Crippen LogP contribution < -0.4 is 10.6 Å². The van der Waals surface area contributed by atoms with Crippen molar-refractivity contribution in [3.63, 3.8) is 0 Å². The average molecular weight is 481 g/mol. The number of nitrogens with zero attached hydrogens (tertiary/aromatic N) is 3. The Morgan fingerprint density at radius 2 is 1.89 bits per heavy atom. The number of rotatable bonds is 6. The maximum atomic E-state index is 4.81. The van der Waals surface area contributed by atoms with E-state index in [0.29, 0.717) is 6.54 Å². The molecular weight excluding hydrogens is 449 g/mol. The summed E-state index contributed by atoms with van der Waals surface area (Å²) in [6, 6.07) is 10.9. The summed E-state index contributed by atoms with van der Waals surface area (Å²) < 4.78 is 1.93. The van der Waals surface area contributed by atoms with Crippen LogP contribution in [0.1, 0.15) is 48.7 Å². The molecule has 2 N–H and O–H groups in total. The van der Waals surface area contributed by atoms with Crippen molar-refractivity contribution in [1.82, 2.24) is 20.4 Å². The van der Waals surface area contributed by atoms with E-state index in [2.05, 4.69) is 66.8 Å². The average Bonchev–Trinajstić information content (AvgIpc) is 2.85. The van der Waals surface area contributed by atoms with Gasteiger partial charge in [0.2, 0.25) is 0 Å². The summed E-state index contributed by atoms with van der Waals surface area (Å²) in [5.41, 5.74) is 5.14. The van der Waals surface area contributed by atoms with E-state index in [1.54, 1.807) is 0 Å². The van der Waals surface area contributed by atoms with Gasteiger partial charge in [-0.3, -0.25) is 4.68 Å². The van der Waals surface area contributed by atoms with Crippen LogP contribution in [0.2, 0.25) is 0 Å². The number of hydrogen-bond donors (Lipinski definition) is 2. The third kappa shape index (κ3) is 4.83. The third-order valence-electron chi connectivity index (χ3n) is 5.69. The number of guanidine groups is 1. The molecule has 148 valence electrons. The minimum Gasteiger partial charge on any atom is -0.357 e. The highest BCUT2D eigenvalue weighted by atomic mass is 127. The molecule has 3 rings (SSSR count). The van der Waals surface area contributed by atoms with Crippen molar-refractivity contribution in [2.75, 3.05) is 13.1 Å². The fourth-order valence-electron chi connectivity index (χ4n) is 3.76. The number of halogens is 1. The summed E-state index contributed by atoms with van der Waals surface area (Å²) in [4.78, 5) is 4.81. The zero-order chi connectivity index (χ0) is 18.6. The van der Waals surface area contributed by atoms with Crippen molar-refractivity contribution in [3.05, 3.63) is 52.8 Å². The van der Waals surface area contributed by atoms with E-state index in [9.17, 15) is 0 Å². The van der Waals surface area contributed by atoms with E-state index in [1.807, 2.05) is 11.7 Å². The molecule has 0 bridgehead atoms. The van der Waals surface area contributed by atoms with Crippen molar-refractivity contribution in [2.45, 2.75) is 52.0 Å². The van der Waals surface area contributed by atoms with Crippen LogP contribution in [-0.4, -0.2) is 28.8 Å². The molecule has 0 amide bonds. The lowest BCUT2D eigenvalue weighted by molar-refractivity contribution is 0.244. The first-order chi connectivity index (χ1) is 12.6. The van der Waals surface area contributed by atoms with Gasteiger partial charge in [0.15, 0.2) is 5.96 Å². The fraction of sp³-hybridized carbons (Fsp3) is 0.524. The molecule has 1 saturated carbocycles. The van der Waals surface area contributed by atoms with Crippen LogP contribution in [0.15, 0.2) is 35.3 Å². The highest BCUT2D eigenvalue weighted by Gasteiger charge is 2.38. The summed E-state index contributed by atoms with van der Waals surface area (Å²) >= 11 is 0. The first kappa shape index (κ1) is 21.7. The van der Waals surface area contributed by atoms with Crippen LogP contribution in [0.3, 0.4) is 0 Å². The first-order valence-corrected chi connectivity index (χ1v) is 9.62. The lowest BCUT2D eigenvalue weighted by Crippen LogP contribution is -2.48. The van der Waals surface area contributed by atoms with Crippen LogP contribution >= 0.6 is 24.0 Å². The van der Waals surface area contributed by atoms with Gasteiger partial charge in [0, 0.05) is 36.8 Å². The number of hydrogen-bond acceptors (Lipinski definition) is 2. The molecule has 0 unspecified atom stereocenters. The molecule has 1 aliphatic carbocycles. The molecule has 1 aromatic carbocycles. The molecular formula is C21H32IN5. The number of benzene rings is 1. The van der Waals surface area contributed by atoms with Gasteiger partial charge in [-0.2, -0.15) is 5.10 Å². The molecule has 0 atom stereocenters. The van der Waals surface area contributed by atoms with E-state index < -0.39 is 0 Å². The van der Waals surface area contributed by atoms with Crippen molar-refractivity contribution in [1.29, 1.82) is 0 Å². The predicted molar refractivity (Wildman–Crippen MR) is 123 cm³/mol. The van der Waals surface area contributed by atoms with Gasteiger partial charge in [0.25, 0.3) is 0 Å². The second kappa shape index (κ2) is 9.57. The van der Waals surface area contributed by atoms with Gasteiger partial charge in [-0.05, 0) is 39.2 Å². The van der Waals surface area contributed by atoms with Crippen molar-refractivity contribution in [2.24, 2.45) is 12.0 Å². The van der Waals surface area contributed by atoms with Crippen LogP contribution in [0, 0.1) is 13.8 Å². The predicted octanol–water partition coefficient (Wildman–Crippen LogP) is 3.83. The molecule has 2 aromatic rings. The highest BCUT2D eigenvalue weighted by Crippen LogP contribution is 2.43. The molecule has 0 aliphatic heterocycles. The largest absolute Gasteiger partial charge is 0.357 e. The van der Waals surface area contributed by atoms with Crippen LogP contribution in [0.5, 0.6) is 0 Å². The summed E-state index contributed by atoms with van der Waals surface area (Å²) in [6.45, 7) is 8.69. The number of nitrogens with one attached hydrogen (secondary N) is 2. The Hall–Kier alpha value is -1.57. The summed E-state index contributed by atoms with van der Waals surface area (Å²) in [5.74, 6) is 0.886. The lowest BCUT2D eigenvalue weighted by atomic mass is 9.64. The zero-order valence-electron chi connectivity index (χ0n) is 16.9. The van der Waals surface area contributed by atoms with E-state index >= 15 is 0 Å². The van der Waals surface area contributed by atoms with Gasteiger partial charge >= 0.3 is 0 Å². The fourth-order valence-corrected chi connectivity index (χ4v) is 3.76. The standard InChI is InChI=1S/C21H31N5.HI/c1-5-22-20(23-14-19-16(2)25-26(4)17(19)3)24-15-21(12-9-13-21)18-10-7-6-8-11-18;/h6-8,10-11H,5,9,12-15H2,1-4H3,(H2,22,23,24);1H. The summed E-state index contributed by atoms with van der Waals surface area (Å²) in [5, 5.41) is 11.5. The van der Waals surface area contributed by atoms with E-state index in [4.69, 9.17) is 4.99 Å². The monoisotopic (exact) mass is 481 g/mol. The number of aliphatic imine (C=N–C) groups is 1. The van der Waals surface area contributed by atoms with Gasteiger partial charge in [-0.15, -0.1) is 24.0 Å². The van der Waals surface area contributed by atoms with E-state index in [0.717, 1.165) is 24.7 Å². The summed E-state index contributed by atoms with van der Waals surface area (Å²) in [7, 11) is 1.99. The maximum Gasteiger partial charge on any atom is 0.191 e. The van der Waals surface area contributed by atoms with Crippen LogP contribution in [-0.2, 0) is 19.0 Å². The number of aromatic nitrogens is 2. The van der Waals surface area contributed by atoms with Crippen molar-refractivity contribution < 1.29 is 0 Å². The SMILES string of the molecule is CCNC(=NCc1c(C)nn(C)c1C)NCC1(c2ccccc2)CCC1.I. The smallest absolute Gasteiger partial charge is 0.191 e. The first-order valence-electron chi connectivity index (χ1n) is 9.62. The molecule has 1 fully saturated rings. The molecule has 0 radical (unpaired) electrons. The Labute approximate surface area is 180 Å². The molecule has 27 heavy (non-hydrogen) atoms. The van der Waals surface area contributed by atoms with Crippen molar-refractivity contribution >= 4 is 29.9 Å². The van der Waals surface area contributed by atoms with Crippen molar-refractivity contribution in [3.8, 4) is 0 Å². The van der Waals surface area contributed by atoms with Crippen LogP contribution in [0.4, 0.5) is 0 Å². The molecule has 1 aliphatic rings. The van der Waals surface area contributed by atoms with Gasteiger partial charge in [0.1, 0.15) is 0 Å². The highest BCUT2D eigenvalue weighted by molar-refractivity contribution is 14.0. The normalized spacial score (nSPS) is 15.6. The Balaban J connectivity index is 0.00000261. The van der Waals surface area contributed by atoms with E-state index in [1.165, 1.54) is 36.1 Å². The quantitative estimate of drug-likeness (QED) is 0.375. The second-order valence-corrected chi connectivity index (χ2v) is 7.32. The molecule has 0 spiro atoms. The van der Waals surface area contributed by atoms with Gasteiger partial charge in [-0.1, -0.05) is 36.8 Å². The Morgan fingerprint density at radius 1 is 1.19 bits per heavy atom. The minimum absolute atomic E-state index is 0. The van der Waals surface area contributed by atoms with Gasteiger partial charge < -0.3 is 10.6 Å². The molecule has 1 aromatic heterocycles. The minimum atomic E-state index is 0.